The Morgan fingerprint density at radius 1 is 0.458 bits per heavy atom. The number of nitrogens with one attached hydrogen (secondary N) is 2. The van der Waals surface area contributed by atoms with Gasteiger partial charge in [-0.2, -0.15) is 0 Å². The molecule has 120 heavy (non-hydrogen) atoms. The van der Waals surface area contributed by atoms with Crippen LogP contribution in [-0.4, -0.2) is 155 Å². The summed E-state index contributed by atoms with van der Waals surface area (Å²) in [6.45, 7) is 19.3. The maximum atomic E-state index is 12.9. The smallest absolute Gasteiger partial charge is 0.345 e. The monoisotopic (exact) mass is 1790 g/mol. The molecule has 0 unspecified atom stereocenters. The van der Waals surface area contributed by atoms with Gasteiger partial charge in [-0.1, -0.05) is 114 Å². The second kappa shape index (κ2) is 54.1. The summed E-state index contributed by atoms with van der Waals surface area (Å²) in [4.78, 5) is 120. The number of morpholine rings is 1. The molecule has 1 saturated heterocycles. The van der Waals surface area contributed by atoms with E-state index in [2.05, 4.69) is 30.2 Å². The Morgan fingerprint density at radius 2 is 0.867 bits per heavy atom. The maximum absolute atomic E-state index is 12.9. The fraction of sp³-hybridized carbons (Fsp3) is 0.300. The number of esters is 4. The van der Waals surface area contributed by atoms with Crippen LogP contribution in [-0.2, 0) is 170 Å². The number of ether oxygens (including phenoxy) is 9. The van der Waals surface area contributed by atoms with Crippen LogP contribution in [0.4, 0.5) is 0 Å². The van der Waals surface area contributed by atoms with Crippen LogP contribution in [0.15, 0.2) is 227 Å². The van der Waals surface area contributed by atoms with Crippen LogP contribution in [0.5, 0.6) is 0 Å². The SMILES string of the molecule is CCOC(=O)C(=CCc1ccc(COCOC)cn1)C(=O)OCC.CCOC(=O)c1ccc2ccc(COCOC)cn2c1=O.COC(=O)c1ccc(C)cc1.Cc1ccc(CNC(=O)c2ccc3ccc(CN4CCOCC4)cn3c2=O)cc1.Cc1ccc(CNC(=O)c2ccc3ccc(CO)cn3c2=O)cc1.Cc1ccc(CO)cn1.[Y].[Y]. The van der Waals surface area contributed by atoms with E-state index in [1.165, 1.54) is 46.8 Å². The molecule has 1 aliphatic rings. The molecule has 628 valence electrons. The number of hydrogen-bond donors (Lipinski definition) is 4. The number of aliphatic hydroxyl groups is 2. The largest absolute Gasteiger partial charge is 0.465 e. The summed E-state index contributed by atoms with van der Waals surface area (Å²) >= 11 is 0. The Kier molecular flexibility index (Phi) is 45.2. The van der Waals surface area contributed by atoms with Crippen molar-refractivity contribution in [1.29, 1.82) is 0 Å². The number of aliphatic hydroxyl groups excluding tert-OH is 2. The number of fused-ring (bicyclic) bond motifs is 3. The predicted molar refractivity (Wildman–Crippen MR) is 444 cm³/mol. The Hall–Kier alpha value is -10.3. The Labute approximate surface area is 746 Å². The van der Waals surface area contributed by atoms with E-state index in [1.54, 1.807) is 118 Å². The molecule has 2 amide bonds. The maximum Gasteiger partial charge on any atom is 0.345 e. The number of methoxy groups -OCH3 is 3. The van der Waals surface area contributed by atoms with E-state index in [0.29, 0.717) is 60.6 Å². The van der Waals surface area contributed by atoms with Crippen molar-refractivity contribution < 1.29 is 147 Å². The number of allylic oxidation sites excluding steroid dienone is 1. The van der Waals surface area contributed by atoms with Crippen molar-refractivity contribution >= 4 is 52.2 Å². The van der Waals surface area contributed by atoms with Gasteiger partial charge in [0.25, 0.3) is 28.5 Å². The van der Waals surface area contributed by atoms with Gasteiger partial charge in [-0.3, -0.25) is 52.0 Å². The van der Waals surface area contributed by atoms with Gasteiger partial charge >= 0.3 is 23.9 Å². The molecule has 0 spiro atoms. The molecule has 4 N–H and O–H groups in total. The molecule has 1 aliphatic heterocycles. The van der Waals surface area contributed by atoms with E-state index in [9.17, 15) is 48.3 Å². The summed E-state index contributed by atoms with van der Waals surface area (Å²) < 4.78 is 49.0. The first-order valence-electron chi connectivity index (χ1n) is 38.0. The van der Waals surface area contributed by atoms with Crippen LogP contribution >= 0.6 is 0 Å². The van der Waals surface area contributed by atoms with Crippen LogP contribution in [0.25, 0.3) is 16.6 Å². The van der Waals surface area contributed by atoms with Crippen molar-refractivity contribution in [2.45, 2.75) is 101 Å². The van der Waals surface area contributed by atoms with Crippen molar-refractivity contribution in [2.24, 2.45) is 0 Å². The molecule has 1 fully saturated rings. The van der Waals surface area contributed by atoms with Crippen LogP contribution < -0.4 is 27.3 Å². The molecule has 11 aromatic rings. The average molecular weight is 1790 g/mol. The van der Waals surface area contributed by atoms with E-state index in [4.69, 9.17) is 43.0 Å². The summed E-state index contributed by atoms with van der Waals surface area (Å²) in [5, 5.41) is 23.4. The number of carbonyl (C=O) groups is 6. The van der Waals surface area contributed by atoms with Gasteiger partial charge in [0, 0.05) is 178 Å². The van der Waals surface area contributed by atoms with E-state index in [1.807, 2.05) is 131 Å². The summed E-state index contributed by atoms with van der Waals surface area (Å²) in [6.07, 6.45) is 10.2. The van der Waals surface area contributed by atoms with E-state index in [-0.39, 0.29) is 152 Å². The van der Waals surface area contributed by atoms with E-state index >= 15 is 0 Å². The standard InChI is InChI=1S/C23H25N3O3.C19H18N2O3.C17H23NO6.C15H17NO5.C9H10O2.C7H9NO.2Y/c1-17-2-4-18(5-3-17)14-24-22(27)21-9-8-20-7-6-19(16-26(20)23(21)28)15-25-10-12-29-13-11-25;1-13-2-4-14(5-3-13)10-20-18(23)17-9-8-16-7-6-15(12-22)11-21(16)19(17)24;1-4-23-16(19)15(17(20)24-5-2)9-8-14-7-6-13(10-18-14)11-22-12-21-3;1-3-21-15(18)13-7-6-12-5-4-11(9-20-10-19-2)8-16(12)14(13)17;1-7-3-5-8(6-4-7)9(10)11-2;1-6-2-3-7(5-9)4-8-6;;/h2-9,16H,10-15H2,1H3,(H,24,27);2-9,11,22H,10,12H2,1H3,(H,20,23);6-7,9-10H,4-5,8,11-12H2,1-3H3;4-8H,3,9-10H2,1-2H3;3-6H,1-2H3;2-4,9H,5H2,1H3;;. The number of nitrogens with zero attached hydrogens (tertiary/aromatic N) is 6. The minimum atomic E-state index is -0.694. The molecular formula is C90H102N8O20Y2. The normalized spacial score (nSPS) is 11.2. The molecule has 3 aromatic carbocycles. The minimum absolute atomic E-state index is 0. The van der Waals surface area contributed by atoms with Gasteiger partial charge < -0.3 is 63.5 Å². The molecule has 9 heterocycles. The molecule has 30 heteroatoms. The number of rotatable bonds is 27. The Bertz CT molecular complexity index is 5290. The second-order valence-electron chi connectivity index (χ2n) is 26.5. The van der Waals surface area contributed by atoms with Crippen LogP contribution in [0.3, 0.4) is 0 Å². The summed E-state index contributed by atoms with van der Waals surface area (Å²) in [7, 11) is 4.47. The first kappa shape index (κ1) is 100. The number of carbonyl (C=O) groups excluding carboxylic acids is 6. The fourth-order valence-corrected chi connectivity index (χ4v) is 11.1. The van der Waals surface area contributed by atoms with Gasteiger partial charge in [-0.15, -0.1) is 0 Å². The third-order valence-corrected chi connectivity index (χ3v) is 17.5. The zero-order valence-corrected chi connectivity index (χ0v) is 74.9. The van der Waals surface area contributed by atoms with Gasteiger partial charge in [-0.05, 0) is 166 Å². The number of pyridine rings is 8. The fourth-order valence-electron chi connectivity index (χ4n) is 11.1. The van der Waals surface area contributed by atoms with Crippen molar-refractivity contribution in [1.82, 2.24) is 38.7 Å². The minimum Gasteiger partial charge on any atom is -0.465 e. The molecule has 2 radical (unpaired) electrons. The van der Waals surface area contributed by atoms with Crippen LogP contribution in [0.1, 0.15) is 129 Å². The zero-order chi connectivity index (χ0) is 85.3. The van der Waals surface area contributed by atoms with Crippen molar-refractivity contribution in [2.75, 3.05) is 81.0 Å². The molecule has 8 aromatic heterocycles. The van der Waals surface area contributed by atoms with Gasteiger partial charge in [0.1, 0.15) is 35.8 Å². The molecular weight excluding hydrogens is 1690 g/mol. The summed E-state index contributed by atoms with van der Waals surface area (Å²) in [5.74, 6) is -3.06. The predicted octanol–water partition coefficient (Wildman–Crippen LogP) is 10.5. The Balaban J connectivity index is 0.000000264. The molecule has 28 nitrogen and oxygen atoms in total. The number of benzene rings is 3. The van der Waals surface area contributed by atoms with Crippen molar-refractivity contribution in [3.05, 3.63) is 333 Å². The van der Waals surface area contributed by atoms with Crippen LogP contribution in [0, 0.1) is 27.7 Å². The molecule has 0 saturated carbocycles. The number of aromatic nitrogens is 5. The zero-order valence-electron chi connectivity index (χ0n) is 69.2. The van der Waals surface area contributed by atoms with Crippen molar-refractivity contribution in [3.63, 3.8) is 0 Å². The molecule has 0 aliphatic carbocycles. The number of aryl methyl sites for hydroxylation is 4. The third kappa shape index (κ3) is 32.7. The molecule has 0 atom stereocenters. The molecule has 0 bridgehead atoms. The van der Waals surface area contributed by atoms with Crippen LogP contribution in [0.2, 0.25) is 0 Å². The number of amides is 2. The third-order valence-electron chi connectivity index (χ3n) is 17.5. The average Bonchev–Trinajstić information content (AvgIpc) is 0.812. The van der Waals surface area contributed by atoms with E-state index in [0.717, 1.165) is 88.6 Å². The number of hydrogen-bond acceptors (Lipinski definition) is 23. The first-order valence-corrected chi connectivity index (χ1v) is 38.0. The van der Waals surface area contributed by atoms with Gasteiger partial charge in [0.05, 0.1) is 72.1 Å². The second-order valence-corrected chi connectivity index (χ2v) is 26.5. The Morgan fingerprint density at radius 3 is 1.32 bits per heavy atom. The summed E-state index contributed by atoms with van der Waals surface area (Å²) in [6, 6.07) is 51.4. The van der Waals surface area contributed by atoms with Gasteiger partial charge in [0.2, 0.25) is 0 Å². The van der Waals surface area contributed by atoms with E-state index < -0.39 is 34.9 Å². The molecule has 12 rings (SSSR count). The summed E-state index contributed by atoms with van der Waals surface area (Å²) in [5.41, 5.74) is 13.1. The van der Waals surface area contributed by atoms with Gasteiger partial charge in [-0.25, -0.2) is 19.2 Å². The first-order chi connectivity index (χ1) is 57.0. The topological polar surface area (TPSA) is 343 Å². The quantitative estimate of drug-likeness (QED) is 0.00707. The van der Waals surface area contributed by atoms with Gasteiger partial charge in [0.15, 0.2) is 0 Å². The van der Waals surface area contributed by atoms with Crippen molar-refractivity contribution in [3.8, 4) is 0 Å².